The molecule has 28 nitrogen and oxygen atoms in total. The quantitative estimate of drug-likeness (QED) is 0.0242. The third-order valence-corrected chi connectivity index (χ3v) is 14.7. The van der Waals surface area contributed by atoms with Gasteiger partial charge in [-0.15, -0.1) is 0 Å². The predicted molar refractivity (Wildman–Crippen MR) is 290 cm³/mol. The van der Waals surface area contributed by atoms with E-state index >= 15 is 4.79 Å². The van der Waals surface area contributed by atoms with Crippen LogP contribution in [0.4, 0.5) is 0 Å². The first-order valence-corrected chi connectivity index (χ1v) is 27.6. The SMILES string of the molecule is CC(=O)NCN1C(=O)[C@H](Cc2ccccc2)NC(=O)[C@H](Cc2ccc(O)cc2)NC(=O)CCSSC[C@@H](C(=O)N2CCC[C@H]2C(=O)N[C@H](CCCN=C(N)N)C(=O)NCC(N)=O)NC(=O)[C@H](CC(N)=O)NC(=O)[C@@H]1CCC(N)=O. The number of aromatic hydroxyl groups is 1. The molecule has 430 valence electrons. The second kappa shape index (κ2) is 31.9. The van der Waals surface area contributed by atoms with E-state index in [-0.39, 0.29) is 74.8 Å². The summed E-state index contributed by atoms with van der Waals surface area (Å²) in [5.74, 6) is -11.0. The van der Waals surface area contributed by atoms with Gasteiger partial charge in [-0.05, 0) is 55.4 Å². The average molecular weight is 1140 g/mol. The third-order valence-electron chi connectivity index (χ3n) is 12.3. The summed E-state index contributed by atoms with van der Waals surface area (Å²) in [6.07, 6.45) is -1.88. The summed E-state index contributed by atoms with van der Waals surface area (Å²) in [4.78, 5) is 169. The Bertz CT molecular complexity index is 2560. The lowest BCUT2D eigenvalue weighted by Gasteiger charge is -2.35. The van der Waals surface area contributed by atoms with Gasteiger partial charge in [0.05, 0.1) is 19.6 Å². The van der Waals surface area contributed by atoms with Gasteiger partial charge in [0, 0.05) is 57.2 Å². The Kier molecular flexibility index (Phi) is 25.6. The van der Waals surface area contributed by atoms with E-state index in [1.807, 2.05) is 0 Å². The minimum Gasteiger partial charge on any atom is -0.508 e. The number of rotatable bonds is 21. The van der Waals surface area contributed by atoms with Crippen molar-refractivity contribution in [2.75, 3.05) is 37.8 Å². The summed E-state index contributed by atoms with van der Waals surface area (Å²) in [6.45, 7) is -0.0475. The Labute approximate surface area is 462 Å². The van der Waals surface area contributed by atoms with Crippen LogP contribution >= 0.6 is 21.6 Å². The van der Waals surface area contributed by atoms with E-state index in [0.717, 1.165) is 33.4 Å². The molecule has 2 heterocycles. The number of primary amides is 3. The fourth-order valence-corrected chi connectivity index (χ4v) is 10.5. The lowest BCUT2D eigenvalue weighted by atomic mass is 10.00. The topological polar surface area (TPSA) is 458 Å². The van der Waals surface area contributed by atoms with Gasteiger partial charge in [0.15, 0.2) is 5.96 Å². The van der Waals surface area contributed by atoms with E-state index < -0.39 is 146 Å². The lowest BCUT2D eigenvalue weighted by Crippen LogP contribution is -2.62. The molecule has 2 saturated heterocycles. The average Bonchev–Trinajstić information content (AvgIpc) is 3.91. The van der Waals surface area contributed by atoms with Crippen molar-refractivity contribution in [1.82, 2.24) is 47.0 Å². The minimum absolute atomic E-state index is 0.00435. The molecule has 0 spiro atoms. The first-order chi connectivity index (χ1) is 37.5. The van der Waals surface area contributed by atoms with Crippen molar-refractivity contribution < 1.29 is 62.6 Å². The van der Waals surface area contributed by atoms with Crippen LogP contribution in [-0.4, -0.2) is 172 Å². The molecule has 2 aliphatic rings. The smallest absolute Gasteiger partial charge is 0.247 e. The first kappa shape index (κ1) is 63.4. The normalized spacial score (nSPS) is 21.2. The summed E-state index contributed by atoms with van der Waals surface area (Å²) in [7, 11) is 2.14. The van der Waals surface area contributed by atoms with Crippen LogP contribution in [0, 0.1) is 0 Å². The number of nitrogens with two attached hydrogens (primary N) is 5. The Balaban J connectivity index is 1.78. The molecule has 4 rings (SSSR count). The molecular formula is C49H69N15O13S2. The first-order valence-electron chi connectivity index (χ1n) is 25.1. The van der Waals surface area contributed by atoms with Crippen LogP contribution < -0.4 is 65.9 Å². The zero-order valence-corrected chi connectivity index (χ0v) is 45.1. The Morgan fingerprint density at radius 3 is 2.08 bits per heavy atom. The van der Waals surface area contributed by atoms with Crippen LogP contribution in [0.5, 0.6) is 5.75 Å². The number of guanidine groups is 1. The summed E-state index contributed by atoms with van der Waals surface area (Å²) >= 11 is 0. The van der Waals surface area contributed by atoms with Crippen molar-refractivity contribution in [3.63, 3.8) is 0 Å². The molecule has 0 unspecified atom stereocenters. The second-order valence-corrected chi connectivity index (χ2v) is 21.1. The van der Waals surface area contributed by atoms with Gasteiger partial charge in [0.25, 0.3) is 0 Å². The number of phenolic OH excluding ortho intramolecular Hbond substituents is 1. The molecule has 0 radical (unpaired) electrons. The molecule has 30 heteroatoms. The van der Waals surface area contributed by atoms with Crippen LogP contribution in [0.15, 0.2) is 59.6 Å². The highest BCUT2D eigenvalue weighted by Crippen LogP contribution is 2.26. The molecule has 2 aliphatic heterocycles. The molecule has 0 aliphatic carbocycles. The number of hydrogen-bond donors (Lipinski definition) is 13. The maximum absolute atomic E-state index is 15.1. The number of phenols is 1. The molecule has 2 aromatic rings. The summed E-state index contributed by atoms with van der Waals surface area (Å²) in [5.41, 5.74) is 28.2. The van der Waals surface area contributed by atoms with Gasteiger partial charge < -0.3 is 80.8 Å². The van der Waals surface area contributed by atoms with Gasteiger partial charge >= 0.3 is 0 Å². The molecule has 2 aromatic carbocycles. The Morgan fingerprint density at radius 1 is 0.772 bits per heavy atom. The molecular weight excluding hydrogens is 1070 g/mol. The summed E-state index contributed by atoms with van der Waals surface area (Å²) in [6, 6.07) is 3.73. The van der Waals surface area contributed by atoms with Crippen molar-refractivity contribution in [3.05, 3.63) is 65.7 Å². The number of carbonyl (C=O) groups excluding carboxylic acids is 12. The molecule has 79 heavy (non-hydrogen) atoms. The maximum atomic E-state index is 15.1. The number of benzene rings is 2. The predicted octanol–water partition coefficient (Wildman–Crippen LogP) is -4.54. The van der Waals surface area contributed by atoms with Crippen LogP contribution in [0.2, 0.25) is 0 Å². The summed E-state index contributed by atoms with van der Waals surface area (Å²) < 4.78 is 0. The van der Waals surface area contributed by atoms with E-state index in [9.17, 15) is 57.8 Å². The van der Waals surface area contributed by atoms with Crippen molar-refractivity contribution in [2.45, 2.75) is 113 Å². The monoisotopic (exact) mass is 1140 g/mol. The second-order valence-electron chi connectivity index (χ2n) is 18.5. The van der Waals surface area contributed by atoms with Gasteiger partial charge in [-0.3, -0.25) is 62.5 Å². The number of nitrogens with one attached hydrogen (secondary N) is 7. The van der Waals surface area contributed by atoms with Gasteiger partial charge in [0.1, 0.15) is 48.0 Å². The molecule has 18 N–H and O–H groups in total. The standard InChI is InChI=1S/C49H69N15O13S2/c1-27(65)57-26-64-37(15-16-38(50)67)46(75)60-33(23-39(51)68)44(73)62-35(48(77)63-19-6-10-36(63)45(74)59-31(9-5-18-55-49(53)54)42(71)56-24-40(52)69)25-79-78-20-17-41(70)58-32(21-29-11-13-30(66)14-12-29)43(72)61-34(47(64)76)22-28-7-3-2-4-8-28/h2-4,7-8,11-14,31-37,66H,5-6,9-10,15-26H2,1H3,(H2,50,67)(H2,51,68)(H2,52,69)(H,56,71)(H,57,65)(H,58,70)(H,59,74)(H,60,75)(H,61,72)(H,62,73)(H4,53,54,55)/t31-,32+,33+,34+,35+,36+,37+/m1/s1. The molecule has 12 amide bonds. The van der Waals surface area contributed by atoms with Crippen LogP contribution in [-0.2, 0) is 70.4 Å². The third kappa shape index (κ3) is 21.7. The van der Waals surface area contributed by atoms with E-state index in [2.05, 4.69) is 42.2 Å². The van der Waals surface area contributed by atoms with Gasteiger partial charge in [-0.1, -0.05) is 64.1 Å². The van der Waals surface area contributed by atoms with Crippen molar-refractivity contribution >= 4 is 98.4 Å². The van der Waals surface area contributed by atoms with E-state index in [1.165, 1.54) is 29.2 Å². The fourth-order valence-electron chi connectivity index (χ4n) is 8.39. The van der Waals surface area contributed by atoms with Crippen LogP contribution in [0.25, 0.3) is 0 Å². The van der Waals surface area contributed by atoms with Crippen LogP contribution in [0.1, 0.15) is 69.4 Å². The van der Waals surface area contributed by atoms with E-state index in [4.69, 9.17) is 28.7 Å². The van der Waals surface area contributed by atoms with Crippen molar-refractivity contribution in [1.29, 1.82) is 0 Å². The number of aliphatic imine (C=N–C) groups is 1. The highest BCUT2D eigenvalue weighted by Gasteiger charge is 2.42. The number of amides is 12. The number of nitrogens with zero attached hydrogens (tertiary/aromatic N) is 3. The molecule has 0 bridgehead atoms. The van der Waals surface area contributed by atoms with Gasteiger partial charge in [-0.2, -0.15) is 0 Å². The van der Waals surface area contributed by atoms with Crippen LogP contribution in [0.3, 0.4) is 0 Å². The maximum Gasteiger partial charge on any atom is 0.247 e. The number of likely N-dealkylation sites (tertiary alicyclic amines) is 1. The summed E-state index contributed by atoms with van der Waals surface area (Å²) in [5, 5.41) is 27.8. The highest BCUT2D eigenvalue weighted by molar-refractivity contribution is 8.76. The van der Waals surface area contributed by atoms with E-state index in [0.29, 0.717) is 17.5 Å². The number of carbonyl (C=O) groups is 12. The zero-order chi connectivity index (χ0) is 58.2. The lowest BCUT2D eigenvalue weighted by molar-refractivity contribution is -0.146. The minimum atomic E-state index is -1.86. The molecule has 2 fully saturated rings. The Morgan fingerprint density at radius 2 is 1.43 bits per heavy atom. The Hall–Kier alpha value is -8.15. The van der Waals surface area contributed by atoms with Gasteiger partial charge in [-0.25, -0.2) is 0 Å². The van der Waals surface area contributed by atoms with Crippen molar-refractivity contribution in [2.24, 2.45) is 33.7 Å². The highest BCUT2D eigenvalue weighted by atomic mass is 33.1. The number of hydrogen-bond acceptors (Lipinski definition) is 16. The fraction of sp³-hybridized carbons (Fsp3) is 0.490. The largest absolute Gasteiger partial charge is 0.508 e. The molecule has 0 saturated carbocycles. The molecule has 7 atom stereocenters. The van der Waals surface area contributed by atoms with Gasteiger partial charge in [0.2, 0.25) is 70.9 Å². The van der Waals surface area contributed by atoms with Crippen molar-refractivity contribution in [3.8, 4) is 5.75 Å². The molecule has 0 aromatic heterocycles. The van der Waals surface area contributed by atoms with E-state index in [1.54, 1.807) is 30.3 Å². The zero-order valence-electron chi connectivity index (χ0n) is 43.4.